The van der Waals surface area contributed by atoms with Gasteiger partial charge in [-0.2, -0.15) is 5.26 Å². The fourth-order valence-corrected chi connectivity index (χ4v) is 4.30. The summed E-state index contributed by atoms with van der Waals surface area (Å²) in [5, 5.41) is 15.0. The lowest BCUT2D eigenvalue weighted by atomic mass is 9.96. The third-order valence-electron chi connectivity index (χ3n) is 5.26. The summed E-state index contributed by atoms with van der Waals surface area (Å²) in [6.07, 6.45) is 0.272. The summed E-state index contributed by atoms with van der Waals surface area (Å²) in [6.45, 7) is 0.408. The third kappa shape index (κ3) is 4.46. The van der Waals surface area contributed by atoms with Crippen LogP contribution in [0, 0.1) is 11.3 Å². The zero-order chi connectivity index (χ0) is 22.9. The molecule has 1 heterocycles. The molecule has 1 fully saturated rings. The van der Waals surface area contributed by atoms with Crippen LogP contribution >= 0.6 is 11.6 Å². The Morgan fingerprint density at radius 2 is 1.78 bits per heavy atom. The van der Waals surface area contributed by atoms with Gasteiger partial charge in [-0.1, -0.05) is 29.8 Å². The predicted molar refractivity (Wildman–Crippen MR) is 120 cm³/mol. The van der Waals surface area contributed by atoms with Gasteiger partial charge in [0.15, 0.2) is 0 Å². The van der Waals surface area contributed by atoms with Crippen molar-refractivity contribution in [1.82, 2.24) is 0 Å². The maximum atomic E-state index is 12.7. The van der Waals surface area contributed by atoms with Gasteiger partial charge in [-0.15, -0.1) is 0 Å². The summed E-state index contributed by atoms with van der Waals surface area (Å²) >= 11 is 6.18. The number of rotatable bonds is 5. The molecule has 3 aromatic carbocycles. The van der Waals surface area contributed by atoms with Crippen LogP contribution in [0.4, 0.5) is 5.69 Å². The number of carbonyl (C=O) groups excluding carboxylic acids is 1. The highest BCUT2D eigenvalue weighted by Gasteiger charge is 2.32. The molecule has 0 aliphatic carbocycles. The van der Waals surface area contributed by atoms with E-state index in [0.29, 0.717) is 34.3 Å². The first-order valence-electron chi connectivity index (χ1n) is 9.66. The number of ether oxygens (including phenoxy) is 1. The molecule has 1 amide bonds. The Morgan fingerprint density at radius 3 is 2.44 bits per heavy atom. The molecule has 3 aromatic rings. The maximum Gasteiger partial charge on any atom is 0.238 e. The molecule has 0 saturated carbocycles. The van der Waals surface area contributed by atoms with E-state index >= 15 is 0 Å². The standard InChI is InChI=1S/C23H18ClN3O4S/c24-20-3-1-2-4-21(20)31-22-11-15(5-6-16(22)13-25)17-12-23(28)27(14-17)18-7-9-19(10-8-18)32(26,29)30/h1-11,17H,12,14H2,(H2,26,29,30)/t17-/m0/s1. The number of benzene rings is 3. The number of hydrogen-bond acceptors (Lipinski definition) is 5. The van der Waals surface area contributed by atoms with Gasteiger partial charge in [-0.05, 0) is 54.1 Å². The fraction of sp³-hybridized carbons (Fsp3) is 0.130. The molecule has 162 valence electrons. The topological polar surface area (TPSA) is 113 Å². The molecule has 32 heavy (non-hydrogen) atoms. The van der Waals surface area contributed by atoms with Gasteiger partial charge in [0.1, 0.15) is 17.6 Å². The molecule has 4 rings (SSSR count). The second-order valence-electron chi connectivity index (χ2n) is 7.34. The van der Waals surface area contributed by atoms with E-state index in [1.807, 2.05) is 6.07 Å². The first kappa shape index (κ1) is 21.8. The second kappa shape index (κ2) is 8.63. The lowest BCUT2D eigenvalue weighted by molar-refractivity contribution is -0.117. The highest BCUT2D eigenvalue weighted by Crippen LogP contribution is 2.36. The maximum absolute atomic E-state index is 12.7. The average Bonchev–Trinajstić information content (AvgIpc) is 3.16. The molecule has 1 aliphatic heterocycles. The monoisotopic (exact) mass is 467 g/mol. The Labute approximate surface area is 190 Å². The van der Waals surface area contributed by atoms with E-state index in [-0.39, 0.29) is 23.1 Å². The van der Waals surface area contributed by atoms with Crippen LogP contribution in [-0.4, -0.2) is 20.9 Å². The van der Waals surface area contributed by atoms with Gasteiger partial charge < -0.3 is 9.64 Å². The molecule has 2 N–H and O–H groups in total. The minimum Gasteiger partial charge on any atom is -0.454 e. The van der Waals surface area contributed by atoms with Crippen LogP contribution in [0.15, 0.2) is 71.6 Å². The molecule has 1 aliphatic rings. The van der Waals surface area contributed by atoms with E-state index in [1.165, 1.54) is 12.1 Å². The van der Waals surface area contributed by atoms with Gasteiger partial charge in [-0.3, -0.25) is 4.79 Å². The van der Waals surface area contributed by atoms with Crippen molar-refractivity contribution in [2.75, 3.05) is 11.4 Å². The first-order valence-corrected chi connectivity index (χ1v) is 11.6. The van der Waals surface area contributed by atoms with E-state index in [1.54, 1.807) is 53.4 Å². The van der Waals surface area contributed by atoms with Crippen molar-refractivity contribution in [3.63, 3.8) is 0 Å². The van der Waals surface area contributed by atoms with Crippen LogP contribution in [0.5, 0.6) is 11.5 Å². The number of primary sulfonamides is 1. The Morgan fingerprint density at radius 1 is 1.06 bits per heavy atom. The second-order valence-corrected chi connectivity index (χ2v) is 9.31. The van der Waals surface area contributed by atoms with Crippen LogP contribution in [0.25, 0.3) is 0 Å². The van der Waals surface area contributed by atoms with Crippen molar-refractivity contribution < 1.29 is 17.9 Å². The zero-order valence-corrected chi connectivity index (χ0v) is 18.3. The van der Waals surface area contributed by atoms with Gasteiger partial charge >= 0.3 is 0 Å². The Kier molecular flexibility index (Phi) is 5.89. The lowest BCUT2D eigenvalue weighted by Gasteiger charge is -2.18. The molecular weight excluding hydrogens is 450 g/mol. The summed E-state index contributed by atoms with van der Waals surface area (Å²) in [5.41, 5.74) is 1.79. The highest BCUT2D eigenvalue weighted by atomic mass is 35.5. The van der Waals surface area contributed by atoms with Crippen LogP contribution in [0.2, 0.25) is 5.02 Å². The number of para-hydroxylation sites is 1. The van der Waals surface area contributed by atoms with Gasteiger partial charge in [0.2, 0.25) is 15.9 Å². The summed E-state index contributed by atoms with van der Waals surface area (Å²) in [4.78, 5) is 14.3. The Hall–Kier alpha value is -3.38. The number of nitrogens with two attached hydrogens (primary N) is 1. The van der Waals surface area contributed by atoms with E-state index in [0.717, 1.165) is 5.56 Å². The van der Waals surface area contributed by atoms with E-state index in [4.69, 9.17) is 21.5 Å². The smallest absolute Gasteiger partial charge is 0.238 e. The van der Waals surface area contributed by atoms with Crippen LogP contribution < -0.4 is 14.8 Å². The van der Waals surface area contributed by atoms with E-state index < -0.39 is 10.0 Å². The summed E-state index contributed by atoms with van der Waals surface area (Å²) in [7, 11) is -3.80. The molecule has 0 radical (unpaired) electrons. The number of nitrogens with zero attached hydrogens (tertiary/aromatic N) is 2. The Balaban J connectivity index is 1.59. The molecule has 0 bridgehead atoms. The summed E-state index contributed by atoms with van der Waals surface area (Å²) in [6, 6.07) is 20.2. The first-order chi connectivity index (χ1) is 15.3. The van der Waals surface area contributed by atoms with Gasteiger partial charge in [0, 0.05) is 24.6 Å². The predicted octanol–water partition coefficient (Wildman–Crippen LogP) is 4.17. The van der Waals surface area contributed by atoms with E-state index in [9.17, 15) is 18.5 Å². The Bertz CT molecular complexity index is 1330. The number of sulfonamides is 1. The summed E-state index contributed by atoms with van der Waals surface area (Å²) in [5.74, 6) is 0.585. The van der Waals surface area contributed by atoms with Gasteiger partial charge in [0.05, 0.1) is 15.5 Å². The molecule has 0 spiro atoms. The minimum atomic E-state index is -3.80. The number of amides is 1. The van der Waals surface area contributed by atoms with Crippen LogP contribution in [0.3, 0.4) is 0 Å². The minimum absolute atomic E-state index is 0.0158. The molecule has 0 unspecified atom stereocenters. The zero-order valence-electron chi connectivity index (χ0n) is 16.7. The van der Waals surface area contributed by atoms with Crippen LogP contribution in [0.1, 0.15) is 23.5 Å². The quantitative estimate of drug-likeness (QED) is 0.604. The molecular formula is C23H18ClN3O4S. The molecule has 9 heteroatoms. The average molecular weight is 468 g/mol. The van der Waals surface area contributed by atoms with Crippen molar-refractivity contribution >= 4 is 33.2 Å². The van der Waals surface area contributed by atoms with E-state index in [2.05, 4.69) is 6.07 Å². The number of carbonyl (C=O) groups is 1. The molecule has 1 saturated heterocycles. The van der Waals surface area contributed by atoms with Gasteiger partial charge in [0.25, 0.3) is 0 Å². The van der Waals surface area contributed by atoms with Crippen molar-refractivity contribution in [3.05, 3.63) is 82.9 Å². The van der Waals surface area contributed by atoms with Crippen LogP contribution in [-0.2, 0) is 14.8 Å². The normalized spacial score (nSPS) is 16.1. The summed E-state index contributed by atoms with van der Waals surface area (Å²) < 4.78 is 28.8. The van der Waals surface area contributed by atoms with Crippen molar-refractivity contribution in [2.45, 2.75) is 17.2 Å². The van der Waals surface area contributed by atoms with Gasteiger partial charge in [-0.25, -0.2) is 13.6 Å². The third-order valence-corrected chi connectivity index (χ3v) is 6.50. The number of nitriles is 1. The van der Waals surface area contributed by atoms with Crippen molar-refractivity contribution in [2.24, 2.45) is 5.14 Å². The largest absolute Gasteiger partial charge is 0.454 e. The molecule has 0 aromatic heterocycles. The lowest BCUT2D eigenvalue weighted by Crippen LogP contribution is -2.24. The number of hydrogen-bond donors (Lipinski definition) is 1. The van der Waals surface area contributed by atoms with Crippen molar-refractivity contribution in [1.29, 1.82) is 5.26 Å². The fourth-order valence-electron chi connectivity index (χ4n) is 3.61. The molecule has 1 atom stereocenters. The molecule has 7 nitrogen and oxygen atoms in total. The number of halogens is 1. The SMILES string of the molecule is N#Cc1ccc([C@H]2CC(=O)N(c3ccc(S(N)(=O)=O)cc3)C2)cc1Oc1ccccc1Cl. The number of anilines is 1. The highest BCUT2D eigenvalue weighted by molar-refractivity contribution is 7.89. The van der Waals surface area contributed by atoms with Crippen molar-refractivity contribution in [3.8, 4) is 17.6 Å².